The average molecular weight is 447 g/mol. The molecule has 0 aliphatic carbocycles. The van der Waals surface area contributed by atoms with Gasteiger partial charge in [-0.05, 0) is 43.5 Å². The number of aliphatic hydroxyl groups is 1. The third-order valence-corrected chi connectivity index (χ3v) is 6.40. The van der Waals surface area contributed by atoms with E-state index in [2.05, 4.69) is 41.1 Å². The number of nitrogens with zero attached hydrogens (tertiary/aromatic N) is 5. The predicted molar refractivity (Wildman–Crippen MR) is 129 cm³/mol. The number of piperazine rings is 1. The minimum Gasteiger partial charge on any atom is -0.508 e. The molecule has 0 radical (unpaired) electrons. The van der Waals surface area contributed by atoms with Crippen LogP contribution in [0.4, 0.5) is 11.9 Å². The minimum absolute atomic E-state index is 0.0266. The predicted octanol–water partition coefficient (Wildman–Crippen LogP) is 2.53. The van der Waals surface area contributed by atoms with Gasteiger partial charge in [0, 0.05) is 37.3 Å². The van der Waals surface area contributed by atoms with Gasteiger partial charge in [-0.15, -0.1) is 0 Å². The summed E-state index contributed by atoms with van der Waals surface area (Å²) >= 11 is 0. The van der Waals surface area contributed by atoms with Crippen molar-refractivity contribution in [1.82, 2.24) is 20.3 Å². The molecule has 8 heteroatoms. The molecular weight excluding hydrogens is 416 g/mol. The molecule has 8 nitrogen and oxygen atoms in total. The fraction of sp³-hybridized carbons (Fsp3) is 0.400. The number of aliphatic hydroxyl groups excluding tert-OH is 1. The number of hydrogen-bond acceptors (Lipinski definition) is 8. The molecule has 3 aromatic rings. The summed E-state index contributed by atoms with van der Waals surface area (Å²) in [6, 6.07) is 15.6. The Morgan fingerprint density at radius 2 is 1.73 bits per heavy atom. The van der Waals surface area contributed by atoms with Gasteiger partial charge < -0.3 is 25.3 Å². The summed E-state index contributed by atoms with van der Waals surface area (Å²) < 4.78 is 0. The van der Waals surface area contributed by atoms with Crippen LogP contribution in [0.1, 0.15) is 31.0 Å². The first-order chi connectivity index (χ1) is 16.0. The number of phenolic OH excluding ortho intramolecular Hbond substituents is 1. The van der Waals surface area contributed by atoms with Crippen LogP contribution in [-0.2, 0) is 6.42 Å². The molecule has 1 fully saturated rings. The normalized spacial score (nSPS) is 22.8. The number of benzene rings is 2. The largest absolute Gasteiger partial charge is 0.508 e. The Hall–Kier alpha value is -3.23. The molecule has 3 heterocycles. The van der Waals surface area contributed by atoms with Crippen LogP contribution in [0.25, 0.3) is 11.4 Å². The van der Waals surface area contributed by atoms with Crippen LogP contribution < -0.4 is 15.1 Å². The van der Waals surface area contributed by atoms with Gasteiger partial charge in [-0.1, -0.05) is 36.4 Å². The lowest BCUT2D eigenvalue weighted by molar-refractivity contribution is 0.256. The molecule has 2 aliphatic heterocycles. The quantitative estimate of drug-likeness (QED) is 0.563. The molecule has 0 bridgehead atoms. The highest BCUT2D eigenvalue weighted by molar-refractivity contribution is 5.61. The van der Waals surface area contributed by atoms with E-state index >= 15 is 0 Å². The number of anilines is 2. The van der Waals surface area contributed by atoms with Crippen LogP contribution in [0.2, 0.25) is 0 Å². The van der Waals surface area contributed by atoms with Gasteiger partial charge in [0.25, 0.3) is 0 Å². The van der Waals surface area contributed by atoms with E-state index in [0.717, 1.165) is 30.6 Å². The molecule has 0 spiro atoms. The Morgan fingerprint density at radius 3 is 2.48 bits per heavy atom. The average Bonchev–Trinajstić information content (AvgIpc) is 2.82. The molecule has 1 aromatic heterocycles. The van der Waals surface area contributed by atoms with E-state index in [1.165, 1.54) is 5.56 Å². The smallest absolute Gasteiger partial charge is 0.231 e. The summed E-state index contributed by atoms with van der Waals surface area (Å²) in [5, 5.41) is 23.9. The van der Waals surface area contributed by atoms with Gasteiger partial charge in [0.15, 0.2) is 5.82 Å². The Kier molecular flexibility index (Phi) is 5.86. The van der Waals surface area contributed by atoms with Crippen molar-refractivity contribution in [3.63, 3.8) is 0 Å². The zero-order valence-corrected chi connectivity index (χ0v) is 19.0. The lowest BCUT2D eigenvalue weighted by Crippen LogP contribution is -2.54. The van der Waals surface area contributed by atoms with Crippen molar-refractivity contribution in [2.24, 2.45) is 0 Å². The first-order valence-electron chi connectivity index (χ1n) is 11.5. The Balaban J connectivity index is 1.60. The van der Waals surface area contributed by atoms with Gasteiger partial charge in [0.1, 0.15) is 5.75 Å². The maximum Gasteiger partial charge on any atom is 0.231 e. The number of phenols is 1. The number of rotatable bonds is 4. The lowest BCUT2D eigenvalue weighted by Gasteiger charge is -2.38. The van der Waals surface area contributed by atoms with Crippen LogP contribution in [0.5, 0.6) is 5.75 Å². The van der Waals surface area contributed by atoms with E-state index in [4.69, 9.17) is 15.0 Å². The van der Waals surface area contributed by atoms with Gasteiger partial charge >= 0.3 is 0 Å². The van der Waals surface area contributed by atoms with E-state index in [-0.39, 0.29) is 18.4 Å². The molecule has 3 N–H and O–H groups in total. The van der Waals surface area contributed by atoms with Crippen molar-refractivity contribution < 1.29 is 10.2 Å². The minimum atomic E-state index is -0.219. The summed E-state index contributed by atoms with van der Waals surface area (Å²) in [5.74, 6) is 1.85. The summed E-state index contributed by atoms with van der Waals surface area (Å²) in [5.41, 5.74) is 3.09. The highest BCUT2D eigenvalue weighted by Crippen LogP contribution is 2.33. The Morgan fingerprint density at radius 1 is 0.970 bits per heavy atom. The van der Waals surface area contributed by atoms with Crippen LogP contribution in [-0.4, -0.2) is 63.5 Å². The molecule has 5 rings (SSSR count). The highest BCUT2D eigenvalue weighted by atomic mass is 16.3. The number of nitrogens with one attached hydrogen (secondary N) is 1. The van der Waals surface area contributed by atoms with E-state index in [1.807, 2.05) is 18.2 Å². The maximum atomic E-state index is 10.3. The summed E-state index contributed by atoms with van der Waals surface area (Å²) in [7, 11) is 0. The SMILES string of the molecule is CC1CN(c2nc(-c3cccc(O)c3)nc(N3CCc4ccccc4C3CO)n2)C[C@@H](C)N1. The molecule has 2 aliphatic rings. The van der Waals surface area contributed by atoms with Crippen LogP contribution >= 0.6 is 0 Å². The van der Waals surface area contributed by atoms with Gasteiger partial charge in [-0.2, -0.15) is 15.0 Å². The van der Waals surface area contributed by atoms with Crippen molar-refractivity contribution in [3.8, 4) is 17.1 Å². The third kappa shape index (κ3) is 4.36. The second-order valence-electron chi connectivity index (χ2n) is 9.02. The molecule has 3 atom stereocenters. The van der Waals surface area contributed by atoms with Crippen molar-refractivity contribution in [2.75, 3.05) is 36.0 Å². The van der Waals surface area contributed by atoms with E-state index in [0.29, 0.717) is 36.3 Å². The summed E-state index contributed by atoms with van der Waals surface area (Å²) in [6.45, 7) is 6.58. The maximum absolute atomic E-state index is 10.3. The van der Waals surface area contributed by atoms with Crippen molar-refractivity contribution in [3.05, 3.63) is 59.7 Å². The lowest BCUT2D eigenvalue weighted by atomic mass is 9.93. The zero-order valence-electron chi connectivity index (χ0n) is 19.0. The molecule has 2 unspecified atom stereocenters. The Bertz CT molecular complexity index is 1130. The first-order valence-corrected chi connectivity index (χ1v) is 11.5. The standard InChI is InChI=1S/C25H30N6O2/c1-16-13-30(14-17(2)26-16)24-27-23(19-7-5-8-20(33)12-19)28-25(29-24)31-11-10-18-6-3-4-9-21(18)22(31)15-32/h3-9,12,16-17,22,26,32-33H,10-11,13-15H2,1-2H3/t16-,17?,22?/m1/s1. The van der Waals surface area contributed by atoms with Crippen LogP contribution in [0.15, 0.2) is 48.5 Å². The van der Waals surface area contributed by atoms with Crippen molar-refractivity contribution in [2.45, 2.75) is 38.4 Å². The summed E-state index contributed by atoms with van der Waals surface area (Å²) in [4.78, 5) is 18.8. The monoisotopic (exact) mass is 446 g/mol. The molecule has 0 amide bonds. The molecular formula is C25H30N6O2. The number of aromatic hydroxyl groups is 1. The Labute approximate surface area is 194 Å². The van der Waals surface area contributed by atoms with Crippen molar-refractivity contribution in [1.29, 1.82) is 0 Å². The number of hydrogen-bond donors (Lipinski definition) is 3. The van der Waals surface area contributed by atoms with E-state index in [1.54, 1.807) is 18.2 Å². The molecule has 172 valence electrons. The van der Waals surface area contributed by atoms with Crippen LogP contribution in [0, 0.1) is 0 Å². The molecule has 33 heavy (non-hydrogen) atoms. The molecule has 2 aromatic carbocycles. The van der Waals surface area contributed by atoms with Crippen molar-refractivity contribution >= 4 is 11.9 Å². The van der Waals surface area contributed by atoms with Gasteiger partial charge in [-0.25, -0.2) is 0 Å². The third-order valence-electron chi connectivity index (χ3n) is 6.40. The fourth-order valence-electron chi connectivity index (χ4n) is 4.98. The second-order valence-corrected chi connectivity index (χ2v) is 9.02. The topological polar surface area (TPSA) is 97.6 Å². The van der Waals surface area contributed by atoms with Gasteiger partial charge in [0.05, 0.1) is 12.6 Å². The first kappa shape index (κ1) is 21.6. The van der Waals surface area contributed by atoms with Gasteiger partial charge in [0.2, 0.25) is 11.9 Å². The second kappa shape index (κ2) is 8.96. The van der Waals surface area contributed by atoms with Gasteiger partial charge in [-0.3, -0.25) is 0 Å². The van der Waals surface area contributed by atoms with Crippen LogP contribution in [0.3, 0.4) is 0 Å². The number of fused-ring (bicyclic) bond motifs is 1. The fourth-order valence-corrected chi connectivity index (χ4v) is 4.98. The molecule has 0 saturated carbocycles. The van der Waals surface area contributed by atoms with E-state index in [9.17, 15) is 10.2 Å². The number of aromatic nitrogens is 3. The molecule has 1 saturated heterocycles. The zero-order chi connectivity index (χ0) is 22.9. The van der Waals surface area contributed by atoms with E-state index < -0.39 is 0 Å². The highest BCUT2D eigenvalue weighted by Gasteiger charge is 2.31. The summed E-state index contributed by atoms with van der Waals surface area (Å²) in [6.07, 6.45) is 0.858.